The zero-order valence-corrected chi connectivity index (χ0v) is 19.5. The number of anilines is 3. The fourth-order valence-corrected chi connectivity index (χ4v) is 3.56. The van der Waals surface area contributed by atoms with Gasteiger partial charge in [-0.25, -0.2) is 10.5 Å². The third kappa shape index (κ3) is 4.60. The number of hydroxylamine groups is 1. The van der Waals surface area contributed by atoms with Crippen molar-refractivity contribution in [2.24, 2.45) is 0 Å². The highest BCUT2D eigenvalue weighted by atomic mass is 16.6. The SMILES string of the molecule is CCc1ccc(-n2cc(C(=O)NOC)c(=O)c3cnc(Nc4cccc(N(C)C)c4)nc32)cc1. The molecule has 0 atom stereocenters. The summed E-state index contributed by atoms with van der Waals surface area (Å²) in [6.07, 6.45) is 3.81. The molecule has 2 aromatic carbocycles. The molecule has 9 nitrogen and oxygen atoms in total. The van der Waals surface area contributed by atoms with Crippen molar-refractivity contribution in [3.8, 4) is 5.69 Å². The Balaban J connectivity index is 1.86. The van der Waals surface area contributed by atoms with Crippen LogP contribution in [0.1, 0.15) is 22.8 Å². The summed E-state index contributed by atoms with van der Waals surface area (Å²) in [5.74, 6) is -0.313. The lowest BCUT2D eigenvalue weighted by Crippen LogP contribution is -2.29. The molecule has 174 valence electrons. The highest BCUT2D eigenvalue weighted by molar-refractivity contribution is 5.96. The fraction of sp³-hybridized carbons (Fsp3) is 0.200. The second-order valence-electron chi connectivity index (χ2n) is 7.90. The fourth-order valence-electron chi connectivity index (χ4n) is 3.56. The molecule has 1 amide bonds. The molecular formula is C25H26N6O3. The molecule has 0 aliphatic heterocycles. The summed E-state index contributed by atoms with van der Waals surface area (Å²) in [5.41, 5.74) is 5.80. The van der Waals surface area contributed by atoms with Crippen LogP contribution in [0.2, 0.25) is 0 Å². The monoisotopic (exact) mass is 458 g/mol. The van der Waals surface area contributed by atoms with Crippen molar-refractivity contribution in [3.63, 3.8) is 0 Å². The maximum Gasteiger partial charge on any atom is 0.280 e. The molecule has 0 aliphatic rings. The van der Waals surface area contributed by atoms with Gasteiger partial charge in [-0.05, 0) is 42.3 Å². The van der Waals surface area contributed by atoms with Gasteiger partial charge < -0.3 is 14.8 Å². The Morgan fingerprint density at radius 3 is 2.59 bits per heavy atom. The van der Waals surface area contributed by atoms with Gasteiger partial charge in [-0.2, -0.15) is 4.98 Å². The number of aryl methyl sites for hydroxylation is 1. The van der Waals surface area contributed by atoms with E-state index >= 15 is 0 Å². The van der Waals surface area contributed by atoms with Gasteiger partial charge in [0.05, 0.1) is 12.5 Å². The largest absolute Gasteiger partial charge is 0.378 e. The number of pyridine rings is 1. The minimum atomic E-state index is -0.643. The Hall–Kier alpha value is -4.24. The number of nitrogens with one attached hydrogen (secondary N) is 2. The molecule has 0 unspecified atom stereocenters. The molecule has 2 heterocycles. The molecule has 0 bridgehead atoms. The van der Waals surface area contributed by atoms with E-state index in [4.69, 9.17) is 4.84 Å². The molecule has 4 rings (SSSR count). The van der Waals surface area contributed by atoms with E-state index in [2.05, 4.69) is 27.7 Å². The zero-order valence-electron chi connectivity index (χ0n) is 19.5. The van der Waals surface area contributed by atoms with Crippen LogP contribution in [0.25, 0.3) is 16.7 Å². The van der Waals surface area contributed by atoms with Gasteiger partial charge in [0.25, 0.3) is 5.91 Å². The van der Waals surface area contributed by atoms with Crippen LogP contribution in [0.3, 0.4) is 0 Å². The normalized spacial score (nSPS) is 10.8. The molecule has 0 aliphatic carbocycles. The third-order valence-electron chi connectivity index (χ3n) is 5.43. The zero-order chi connectivity index (χ0) is 24.2. The summed E-state index contributed by atoms with van der Waals surface area (Å²) in [7, 11) is 5.24. The Kier molecular flexibility index (Phi) is 6.55. The molecule has 2 aromatic heterocycles. The Morgan fingerprint density at radius 1 is 1.15 bits per heavy atom. The average Bonchev–Trinajstić information content (AvgIpc) is 2.84. The Morgan fingerprint density at radius 2 is 1.91 bits per heavy atom. The first-order valence-corrected chi connectivity index (χ1v) is 10.8. The quantitative estimate of drug-likeness (QED) is 0.409. The van der Waals surface area contributed by atoms with Gasteiger partial charge in [0.1, 0.15) is 5.56 Å². The van der Waals surface area contributed by atoms with Crippen molar-refractivity contribution in [1.29, 1.82) is 0 Å². The van der Waals surface area contributed by atoms with E-state index in [0.29, 0.717) is 11.6 Å². The second kappa shape index (κ2) is 9.72. The van der Waals surface area contributed by atoms with E-state index in [1.165, 1.54) is 25.1 Å². The van der Waals surface area contributed by atoms with E-state index < -0.39 is 11.3 Å². The standard InChI is InChI=1S/C25H26N6O3/c1-5-16-9-11-18(12-10-16)31-15-21(24(33)29-34-4)22(32)20-14-26-25(28-23(20)31)27-17-7-6-8-19(13-17)30(2)3/h6-15H,5H2,1-4H3,(H,29,33)(H,26,27,28). The first kappa shape index (κ1) is 22.9. The summed E-state index contributed by atoms with van der Waals surface area (Å²) in [6.45, 7) is 2.08. The molecule has 2 N–H and O–H groups in total. The maximum absolute atomic E-state index is 13.1. The van der Waals surface area contributed by atoms with E-state index in [0.717, 1.165) is 23.5 Å². The number of carbonyl (C=O) groups is 1. The minimum absolute atomic E-state index is 0.0723. The maximum atomic E-state index is 13.1. The number of hydrogen-bond donors (Lipinski definition) is 2. The van der Waals surface area contributed by atoms with Crippen LogP contribution in [-0.4, -0.2) is 41.6 Å². The molecule has 4 aromatic rings. The van der Waals surface area contributed by atoms with Crippen LogP contribution in [0.5, 0.6) is 0 Å². The van der Waals surface area contributed by atoms with Gasteiger partial charge in [-0.15, -0.1) is 0 Å². The van der Waals surface area contributed by atoms with E-state index in [9.17, 15) is 9.59 Å². The minimum Gasteiger partial charge on any atom is -0.378 e. The number of fused-ring (bicyclic) bond motifs is 1. The third-order valence-corrected chi connectivity index (χ3v) is 5.43. The number of rotatable bonds is 7. The molecule has 0 fully saturated rings. The predicted octanol–water partition coefficient (Wildman–Crippen LogP) is 3.44. The average molecular weight is 459 g/mol. The highest BCUT2D eigenvalue weighted by Crippen LogP contribution is 2.22. The smallest absolute Gasteiger partial charge is 0.280 e. The van der Waals surface area contributed by atoms with Crippen LogP contribution in [0.4, 0.5) is 17.3 Å². The molecule has 0 saturated heterocycles. The Labute approximate surface area is 197 Å². The molecule has 34 heavy (non-hydrogen) atoms. The topological polar surface area (TPSA) is 101 Å². The van der Waals surface area contributed by atoms with Crippen LogP contribution in [-0.2, 0) is 11.3 Å². The molecular weight excluding hydrogens is 432 g/mol. The molecule has 0 spiro atoms. The van der Waals surface area contributed by atoms with E-state index in [-0.39, 0.29) is 10.9 Å². The second-order valence-corrected chi connectivity index (χ2v) is 7.90. The number of aromatic nitrogens is 3. The van der Waals surface area contributed by atoms with Crippen molar-refractivity contribution in [2.75, 3.05) is 31.4 Å². The van der Waals surface area contributed by atoms with Gasteiger partial charge in [-0.1, -0.05) is 25.1 Å². The highest BCUT2D eigenvalue weighted by Gasteiger charge is 2.18. The van der Waals surface area contributed by atoms with Crippen LogP contribution in [0.15, 0.2) is 65.7 Å². The van der Waals surface area contributed by atoms with Crippen molar-refractivity contribution in [3.05, 3.63) is 82.3 Å². The van der Waals surface area contributed by atoms with Crippen molar-refractivity contribution in [1.82, 2.24) is 20.0 Å². The van der Waals surface area contributed by atoms with Crippen molar-refractivity contribution >= 4 is 34.3 Å². The van der Waals surface area contributed by atoms with Crippen LogP contribution in [0, 0.1) is 0 Å². The van der Waals surface area contributed by atoms with Gasteiger partial charge in [0.15, 0.2) is 5.65 Å². The first-order chi connectivity index (χ1) is 16.4. The van der Waals surface area contributed by atoms with Crippen LogP contribution < -0.4 is 21.1 Å². The van der Waals surface area contributed by atoms with Crippen LogP contribution >= 0.6 is 0 Å². The Bertz CT molecular complexity index is 1400. The molecule has 0 saturated carbocycles. The van der Waals surface area contributed by atoms with E-state index in [1.807, 2.05) is 67.5 Å². The van der Waals surface area contributed by atoms with Gasteiger partial charge in [0, 0.05) is 43.6 Å². The summed E-state index contributed by atoms with van der Waals surface area (Å²) >= 11 is 0. The lowest BCUT2D eigenvalue weighted by molar-refractivity contribution is 0.0536. The summed E-state index contributed by atoms with van der Waals surface area (Å²) in [5, 5.41) is 3.42. The number of amides is 1. The summed E-state index contributed by atoms with van der Waals surface area (Å²) < 4.78 is 1.71. The van der Waals surface area contributed by atoms with Crippen molar-refractivity contribution < 1.29 is 9.63 Å². The van der Waals surface area contributed by atoms with E-state index in [1.54, 1.807) is 4.57 Å². The predicted molar refractivity (Wildman–Crippen MR) is 133 cm³/mol. The number of nitrogens with zero attached hydrogens (tertiary/aromatic N) is 4. The molecule has 0 radical (unpaired) electrons. The molecule has 9 heteroatoms. The van der Waals surface area contributed by atoms with Gasteiger partial charge in [0.2, 0.25) is 11.4 Å². The van der Waals surface area contributed by atoms with Gasteiger partial charge >= 0.3 is 0 Å². The number of hydrogen-bond acceptors (Lipinski definition) is 7. The number of benzene rings is 2. The lowest BCUT2D eigenvalue weighted by atomic mass is 10.1. The van der Waals surface area contributed by atoms with Crippen molar-refractivity contribution in [2.45, 2.75) is 13.3 Å². The number of carbonyl (C=O) groups excluding carboxylic acids is 1. The lowest BCUT2D eigenvalue weighted by Gasteiger charge is -2.15. The summed E-state index contributed by atoms with van der Waals surface area (Å²) in [6, 6.07) is 15.7. The summed E-state index contributed by atoms with van der Waals surface area (Å²) in [4.78, 5) is 41.3. The first-order valence-electron chi connectivity index (χ1n) is 10.8. The van der Waals surface area contributed by atoms with Gasteiger partial charge in [-0.3, -0.25) is 14.4 Å².